The molecule has 1 heterocycles. The number of hydrogen-bond donors (Lipinski definition) is 2. The second kappa shape index (κ2) is 5.55. The molecule has 1 aromatic heterocycles. The van der Waals surface area contributed by atoms with Crippen LogP contribution >= 0.6 is 11.3 Å². The third-order valence-corrected chi connectivity index (χ3v) is 4.58. The van der Waals surface area contributed by atoms with Gasteiger partial charge in [0.2, 0.25) is 0 Å². The summed E-state index contributed by atoms with van der Waals surface area (Å²) >= 11 is 1.03. The van der Waals surface area contributed by atoms with Crippen molar-refractivity contribution in [3.8, 4) is 0 Å². The Balaban J connectivity index is 2.27. The van der Waals surface area contributed by atoms with Gasteiger partial charge in [0, 0.05) is 5.38 Å². The molecule has 0 spiro atoms. The first-order valence-electron chi connectivity index (χ1n) is 5.35. The average Bonchev–Trinajstić information content (AvgIpc) is 2.85. The SMILES string of the molecule is CC(=NO)c1csc(NS(=O)(=O)c2cccc(F)c2)n1. The molecular weight excluding hydrogens is 305 g/mol. The van der Waals surface area contributed by atoms with Crippen LogP contribution in [-0.4, -0.2) is 24.3 Å². The maximum Gasteiger partial charge on any atom is 0.263 e. The van der Waals surface area contributed by atoms with E-state index in [0.29, 0.717) is 5.69 Å². The summed E-state index contributed by atoms with van der Waals surface area (Å²) in [7, 11) is -3.90. The molecular formula is C11H10FN3O3S2. The second-order valence-corrected chi connectivity index (χ2v) is 6.33. The fourth-order valence-corrected chi connectivity index (χ4v) is 3.38. The van der Waals surface area contributed by atoms with Crippen molar-refractivity contribution in [3.63, 3.8) is 0 Å². The summed E-state index contributed by atoms with van der Waals surface area (Å²) < 4.78 is 39.3. The predicted molar refractivity (Wildman–Crippen MR) is 73.3 cm³/mol. The largest absolute Gasteiger partial charge is 0.411 e. The standard InChI is InChI=1S/C11H10FN3O3S2/c1-7(14-16)10-6-19-11(13-10)15-20(17,18)9-4-2-3-8(12)5-9/h2-6,16H,1H3,(H,13,15). The van der Waals surface area contributed by atoms with Gasteiger partial charge in [-0.05, 0) is 25.1 Å². The van der Waals surface area contributed by atoms with Crippen molar-refractivity contribution in [3.05, 3.63) is 41.2 Å². The zero-order valence-corrected chi connectivity index (χ0v) is 11.9. The van der Waals surface area contributed by atoms with Gasteiger partial charge in [0.1, 0.15) is 17.2 Å². The van der Waals surface area contributed by atoms with Crippen LogP contribution in [0.3, 0.4) is 0 Å². The van der Waals surface area contributed by atoms with Crippen LogP contribution in [0.1, 0.15) is 12.6 Å². The van der Waals surface area contributed by atoms with Crippen molar-refractivity contribution in [1.82, 2.24) is 4.98 Å². The van der Waals surface area contributed by atoms with Crippen LogP contribution in [0.25, 0.3) is 0 Å². The summed E-state index contributed by atoms with van der Waals surface area (Å²) in [5.41, 5.74) is 0.617. The van der Waals surface area contributed by atoms with Crippen molar-refractivity contribution < 1.29 is 18.0 Å². The minimum absolute atomic E-state index is 0.104. The van der Waals surface area contributed by atoms with Crippen LogP contribution in [0.2, 0.25) is 0 Å². The molecule has 2 rings (SSSR count). The van der Waals surface area contributed by atoms with Gasteiger partial charge in [-0.25, -0.2) is 17.8 Å². The van der Waals surface area contributed by atoms with E-state index in [-0.39, 0.29) is 15.7 Å². The summed E-state index contributed by atoms with van der Waals surface area (Å²) in [5.74, 6) is -0.643. The number of aromatic nitrogens is 1. The molecule has 6 nitrogen and oxygen atoms in total. The molecule has 0 fully saturated rings. The Morgan fingerprint density at radius 1 is 1.50 bits per heavy atom. The van der Waals surface area contributed by atoms with Gasteiger partial charge in [0.05, 0.1) is 4.90 Å². The third-order valence-electron chi connectivity index (χ3n) is 2.35. The summed E-state index contributed by atoms with van der Waals surface area (Å²) in [4.78, 5) is 3.77. The van der Waals surface area contributed by atoms with Crippen LogP contribution in [-0.2, 0) is 10.0 Å². The highest BCUT2D eigenvalue weighted by molar-refractivity contribution is 7.93. The van der Waals surface area contributed by atoms with E-state index in [1.54, 1.807) is 5.38 Å². The second-order valence-electron chi connectivity index (χ2n) is 3.79. The van der Waals surface area contributed by atoms with Crippen LogP contribution in [0.15, 0.2) is 39.7 Å². The quantitative estimate of drug-likeness (QED) is 0.514. The van der Waals surface area contributed by atoms with Gasteiger partial charge in [-0.15, -0.1) is 11.3 Å². The van der Waals surface area contributed by atoms with E-state index < -0.39 is 15.8 Å². The lowest BCUT2D eigenvalue weighted by molar-refractivity contribution is 0.319. The summed E-state index contributed by atoms with van der Waals surface area (Å²) in [6.07, 6.45) is 0. The molecule has 0 atom stereocenters. The maximum absolute atomic E-state index is 13.0. The molecule has 0 bridgehead atoms. The number of thiazole rings is 1. The van der Waals surface area contributed by atoms with Gasteiger partial charge in [-0.2, -0.15) is 0 Å². The zero-order valence-electron chi connectivity index (χ0n) is 10.2. The summed E-state index contributed by atoms with van der Waals surface area (Å²) in [6.45, 7) is 1.53. The van der Waals surface area contributed by atoms with Gasteiger partial charge >= 0.3 is 0 Å². The Kier molecular flexibility index (Phi) is 4.00. The number of hydrogen-bond acceptors (Lipinski definition) is 6. The molecule has 0 radical (unpaired) electrons. The highest BCUT2D eigenvalue weighted by atomic mass is 32.2. The third kappa shape index (κ3) is 3.11. The van der Waals surface area contributed by atoms with E-state index >= 15 is 0 Å². The van der Waals surface area contributed by atoms with Gasteiger partial charge in [-0.1, -0.05) is 11.2 Å². The lowest BCUT2D eigenvalue weighted by Crippen LogP contribution is -2.13. The Morgan fingerprint density at radius 2 is 2.25 bits per heavy atom. The molecule has 2 N–H and O–H groups in total. The van der Waals surface area contributed by atoms with Gasteiger partial charge < -0.3 is 5.21 Å². The van der Waals surface area contributed by atoms with Crippen LogP contribution in [0.5, 0.6) is 0 Å². The lowest BCUT2D eigenvalue weighted by Gasteiger charge is -2.04. The van der Waals surface area contributed by atoms with E-state index in [1.807, 2.05) is 0 Å². The zero-order chi connectivity index (χ0) is 14.8. The number of oxime groups is 1. The normalized spacial score (nSPS) is 12.4. The smallest absolute Gasteiger partial charge is 0.263 e. The van der Waals surface area contributed by atoms with Crippen molar-refractivity contribution >= 4 is 32.2 Å². The molecule has 0 aliphatic rings. The van der Waals surface area contributed by atoms with E-state index in [1.165, 1.54) is 19.1 Å². The lowest BCUT2D eigenvalue weighted by atomic mass is 10.3. The summed E-state index contributed by atoms with van der Waals surface area (Å²) in [6, 6.07) is 4.65. The molecule has 0 aliphatic carbocycles. The molecule has 0 unspecified atom stereocenters. The van der Waals surface area contributed by atoms with Gasteiger partial charge in [0.25, 0.3) is 10.0 Å². The highest BCUT2D eigenvalue weighted by Crippen LogP contribution is 2.20. The Labute approximate surface area is 118 Å². The molecule has 20 heavy (non-hydrogen) atoms. The molecule has 0 aliphatic heterocycles. The number of rotatable bonds is 4. The van der Waals surface area contributed by atoms with E-state index in [4.69, 9.17) is 5.21 Å². The van der Waals surface area contributed by atoms with Crippen molar-refractivity contribution in [2.45, 2.75) is 11.8 Å². The van der Waals surface area contributed by atoms with Crippen molar-refractivity contribution in [2.75, 3.05) is 4.72 Å². The fourth-order valence-electron chi connectivity index (χ4n) is 1.35. The molecule has 0 saturated carbocycles. The van der Waals surface area contributed by atoms with E-state index in [9.17, 15) is 12.8 Å². The number of sulfonamides is 1. The van der Waals surface area contributed by atoms with Gasteiger partial charge in [0.15, 0.2) is 5.13 Å². The minimum atomic E-state index is -3.90. The first-order valence-corrected chi connectivity index (χ1v) is 7.71. The van der Waals surface area contributed by atoms with Crippen LogP contribution in [0, 0.1) is 5.82 Å². The topological polar surface area (TPSA) is 91.7 Å². The van der Waals surface area contributed by atoms with Crippen molar-refractivity contribution in [2.24, 2.45) is 5.16 Å². The highest BCUT2D eigenvalue weighted by Gasteiger charge is 2.17. The number of halogens is 1. The Bertz CT molecular complexity index is 756. The first-order chi connectivity index (χ1) is 9.42. The van der Waals surface area contributed by atoms with Crippen LogP contribution < -0.4 is 4.72 Å². The van der Waals surface area contributed by atoms with E-state index in [0.717, 1.165) is 23.5 Å². The molecule has 106 valence electrons. The Hall–Kier alpha value is -2.00. The fraction of sp³-hybridized carbons (Fsp3) is 0.0909. The number of benzene rings is 1. The molecule has 0 amide bonds. The molecule has 1 aromatic carbocycles. The minimum Gasteiger partial charge on any atom is -0.411 e. The summed E-state index contributed by atoms with van der Waals surface area (Å²) in [5, 5.41) is 13.2. The average molecular weight is 315 g/mol. The molecule has 9 heteroatoms. The first kappa shape index (κ1) is 14.4. The number of nitrogens with one attached hydrogen (secondary N) is 1. The van der Waals surface area contributed by atoms with Crippen LogP contribution in [0.4, 0.5) is 9.52 Å². The molecule has 2 aromatic rings. The van der Waals surface area contributed by atoms with E-state index in [2.05, 4.69) is 14.9 Å². The Morgan fingerprint density at radius 3 is 2.90 bits per heavy atom. The van der Waals surface area contributed by atoms with Crippen molar-refractivity contribution in [1.29, 1.82) is 0 Å². The monoisotopic (exact) mass is 315 g/mol. The number of anilines is 1. The maximum atomic E-state index is 13.0. The van der Waals surface area contributed by atoms with Gasteiger partial charge in [-0.3, -0.25) is 4.72 Å². The predicted octanol–water partition coefficient (Wildman–Crippen LogP) is 2.28. The number of nitrogens with zero attached hydrogens (tertiary/aromatic N) is 2. The molecule has 0 saturated heterocycles.